The largest absolute Gasteiger partial charge is 0.327 e. The summed E-state index contributed by atoms with van der Waals surface area (Å²) in [6.07, 6.45) is 1.03. The maximum Gasteiger partial charge on any atom is 0.151 e. The molecule has 0 radical (unpaired) electrons. The van der Waals surface area contributed by atoms with Crippen LogP contribution >= 0.6 is 35.5 Å². The van der Waals surface area contributed by atoms with Crippen molar-refractivity contribution in [1.82, 2.24) is 4.98 Å². The molecule has 0 spiro atoms. The van der Waals surface area contributed by atoms with E-state index in [1.54, 1.807) is 23.1 Å². The predicted molar refractivity (Wildman–Crippen MR) is 75.9 cm³/mol. The van der Waals surface area contributed by atoms with Gasteiger partial charge in [-0.3, -0.25) is 0 Å². The van der Waals surface area contributed by atoms with Crippen LogP contribution < -0.4 is 5.73 Å². The summed E-state index contributed by atoms with van der Waals surface area (Å²) >= 11 is 3.51. The summed E-state index contributed by atoms with van der Waals surface area (Å²) in [5.74, 6) is 0.955. The number of rotatable bonds is 4. The number of thioether (sulfide) groups is 1. The Labute approximate surface area is 110 Å². The molecule has 0 saturated heterocycles. The lowest BCUT2D eigenvalue weighted by molar-refractivity contribution is 0.725. The van der Waals surface area contributed by atoms with Crippen LogP contribution in [0.25, 0.3) is 10.2 Å². The lowest BCUT2D eigenvalue weighted by Gasteiger charge is -2.04. The van der Waals surface area contributed by atoms with Gasteiger partial charge in [0, 0.05) is 11.8 Å². The van der Waals surface area contributed by atoms with Gasteiger partial charge in [0.1, 0.15) is 0 Å². The smallest absolute Gasteiger partial charge is 0.151 e. The number of hydrogen-bond donors (Lipinski definition) is 1. The molecule has 1 atom stereocenters. The van der Waals surface area contributed by atoms with Gasteiger partial charge in [-0.1, -0.05) is 30.8 Å². The first-order valence-electron chi connectivity index (χ1n) is 5.03. The van der Waals surface area contributed by atoms with Gasteiger partial charge in [0.2, 0.25) is 0 Å². The Morgan fingerprint density at radius 3 is 2.88 bits per heavy atom. The fourth-order valence-electron chi connectivity index (χ4n) is 1.21. The van der Waals surface area contributed by atoms with E-state index >= 15 is 0 Å². The molecule has 0 aliphatic carbocycles. The second-order valence-electron chi connectivity index (χ2n) is 3.43. The average Bonchev–Trinajstić information content (AvgIpc) is 2.68. The SMILES string of the molecule is CCC(N)CSc1nc2ccccc2s1.Cl. The third-order valence-corrected chi connectivity index (χ3v) is 4.59. The molecule has 2 aromatic rings. The first-order valence-corrected chi connectivity index (χ1v) is 6.83. The first kappa shape index (κ1) is 13.8. The zero-order valence-corrected chi connectivity index (χ0v) is 11.5. The third-order valence-electron chi connectivity index (χ3n) is 2.22. The maximum atomic E-state index is 5.87. The molecule has 0 aliphatic rings. The molecule has 16 heavy (non-hydrogen) atoms. The Balaban J connectivity index is 0.00000128. The second kappa shape index (κ2) is 6.45. The molecule has 2 N–H and O–H groups in total. The maximum absolute atomic E-state index is 5.87. The van der Waals surface area contributed by atoms with Gasteiger partial charge in [-0.05, 0) is 18.6 Å². The molecule has 1 aromatic heterocycles. The zero-order valence-electron chi connectivity index (χ0n) is 9.05. The van der Waals surface area contributed by atoms with Gasteiger partial charge in [-0.25, -0.2) is 4.98 Å². The predicted octanol–water partition coefficient (Wildman–Crippen LogP) is 3.55. The summed E-state index contributed by atoms with van der Waals surface area (Å²) in [6, 6.07) is 8.51. The molecule has 2 rings (SSSR count). The molecule has 0 saturated carbocycles. The number of halogens is 1. The number of nitrogens with zero attached hydrogens (tertiary/aromatic N) is 1. The lowest BCUT2D eigenvalue weighted by Crippen LogP contribution is -2.21. The topological polar surface area (TPSA) is 38.9 Å². The minimum Gasteiger partial charge on any atom is -0.327 e. The molecule has 1 heterocycles. The number of thiazole rings is 1. The monoisotopic (exact) mass is 274 g/mol. The van der Waals surface area contributed by atoms with Crippen LogP contribution in [0.1, 0.15) is 13.3 Å². The number of hydrogen-bond acceptors (Lipinski definition) is 4. The fraction of sp³-hybridized carbons (Fsp3) is 0.364. The highest BCUT2D eigenvalue weighted by atomic mass is 35.5. The molecule has 1 unspecified atom stereocenters. The molecule has 0 bridgehead atoms. The highest BCUT2D eigenvalue weighted by Gasteiger charge is 2.05. The van der Waals surface area contributed by atoms with E-state index in [0.29, 0.717) is 0 Å². The van der Waals surface area contributed by atoms with E-state index in [1.807, 2.05) is 12.1 Å². The van der Waals surface area contributed by atoms with Gasteiger partial charge in [0.15, 0.2) is 4.34 Å². The number of nitrogens with two attached hydrogens (primary N) is 1. The van der Waals surface area contributed by atoms with E-state index in [-0.39, 0.29) is 18.4 Å². The van der Waals surface area contributed by atoms with E-state index in [2.05, 4.69) is 24.0 Å². The van der Waals surface area contributed by atoms with Crippen LogP contribution in [0.4, 0.5) is 0 Å². The molecular formula is C11H15ClN2S2. The fourth-order valence-corrected chi connectivity index (χ4v) is 3.37. The van der Waals surface area contributed by atoms with Crippen molar-refractivity contribution in [3.8, 4) is 0 Å². The van der Waals surface area contributed by atoms with Gasteiger partial charge in [-0.15, -0.1) is 23.7 Å². The van der Waals surface area contributed by atoms with Gasteiger partial charge >= 0.3 is 0 Å². The van der Waals surface area contributed by atoms with Crippen molar-refractivity contribution in [2.75, 3.05) is 5.75 Å². The normalized spacial score (nSPS) is 12.4. The van der Waals surface area contributed by atoms with Crippen LogP contribution in [0.3, 0.4) is 0 Å². The molecule has 88 valence electrons. The summed E-state index contributed by atoms with van der Waals surface area (Å²) in [5.41, 5.74) is 6.96. The zero-order chi connectivity index (χ0) is 10.7. The summed E-state index contributed by atoms with van der Waals surface area (Å²) in [6.45, 7) is 2.11. The highest BCUT2D eigenvalue weighted by Crippen LogP contribution is 2.29. The van der Waals surface area contributed by atoms with E-state index in [1.165, 1.54) is 4.70 Å². The molecular weight excluding hydrogens is 260 g/mol. The van der Waals surface area contributed by atoms with Crippen molar-refractivity contribution in [2.45, 2.75) is 23.7 Å². The molecule has 0 fully saturated rings. The van der Waals surface area contributed by atoms with Crippen LogP contribution in [0.15, 0.2) is 28.6 Å². The minimum absolute atomic E-state index is 0. The molecule has 1 aromatic carbocycles. The summed E-state index contributed by atoms with van der Waals surface area (Å²) in [4.78, 5) is 4.54. The summed E-state index contributed by atoms with van der Waals surface area (Å²) < 4.78 is 2.38. The van der Waals surface area contributed by atoms with Gasteiger partial charge in [-0.2, -0.15) is 0 Å². The van der Waals surface area contributed by atoms with Crippen molar-refractivity contribution in [1.29, 1.82) is 0 Å². The van der Waals surface area contributed by atoms with E-state index in [0.717, 1.165) is 22.0 Å². The number of fused-ring (bicyclic) bond motifs is 1. The Kier molecular flexibility index (Phi) is 5.55. The minimum atomic E-state index is 0. The Hall–Kier alpha value is -0.290. The molecule has 0 amide bonds. The third kappa shape index (κ3) is 3.35. The van der Waals surface area contributed by atoms with Crippen LogP contribution in [-0.2, 0) is 0 Å². The summed E-state index contributed by atoms with van der Waals surface area (Å²) in [7, 11) is 0. The van der Waals surface area contributed by atoms with Crippen LogP contribution in [-0.4, -0.2) is 16.8 Å². The Morgan fingerprint density at radius 1 is 1.44 bits per heavy atom. The van der Waals surface area contributed by atoms with Crippen molar-refractivity contribution in [3.05, 3.63) is 24.3 Å². The molecule has 0 aliphatic heterocycles. The summed E-state index contributed by atoms with van der Waals surface area (Å²) in [5, 5.41) is 0. The quantitative estimate of drug-likeness (QED) is 0.867. The average molecular weight is 275 g/mol. The van der Waals surface area contributed by atoms with E-state index in [4.69, 9.17) is 5.73 Å². The van der Waals surface area contributed by atoms with E-state index < -0.39 is 0 Å². The lowest BCUT2D eigenvalue weighted by atomic mass is 10.3. The number of aromatic nitrogens is 1. The van der Waals surface area contributed by atoms with Crippen LogP contribution in [0.5, 0.6) is 0 Å². The van der Waals surface area contributed by atoms with Crippen molar-refractivity contribution in [3.63, 3.8) is 0 Å². The van der Waals surface area contributed by atoms with Gasteiger partial charge in [0.25, 0.3) is 0 Å². The second-order valence-corrected chi connectivity index (χ2v) is 5.72. The number of para-hydroxylation sites is 1. The standard InChI is InChI=1S/C11H14N2S2.ClH/c1-2-8(12)7-14-11-13-9-5-3-4-6-10(9)15-11;/h3-6,8H,2,7,12H2,1H3;1H. The van der Waals surface area contributed by atoms with Crippen molar-refractivity contribution < 1.29 is 0 Å². The van der Waals surface area contributed by atoms with Crippen LogP contribution in [0.2, 0.25) is 0 Å². The van der Waals surface area contributed by atoms with Crippen LogP contribution in [0, 0.1) is 0 Å². The van der Waals surface area contributed by atoms with Gasteiger partial charge in [0.05, 0.1) is 10.2 Å². The Bertz CT molecular complexity index is 411. The number of benzene rings is 1. The first-order chi connectivity index (χ1) is 7.29. The van der Waals surface area contributed by atoms with Crippen molar-refractivity contribution in [2.24, 2.45) is 5.73 Å². The Morgan fingerprint density at radius 2 is 2.19 bits per heavy atom. The molecule has 5 heteroatoms. The van der Waals surface area contributed by atoms with E-state index in [9.17, 15) is 0 Å². The highest BCUT2D eigenvalue weighted by molar-refractivity contribution is 8.01. The molecule has 2 nitrogen and oxygen atoms in total. The van der Waals surface area contributed by atoms with Gasteiger partial charge < -0.3 is 5.73 Å². The van der Waals surface area contributed by atoms with Crippen molar-refractivity contribution >= 4 is 45.7 Å².